The van der Waals surface area contributed by atoms with Gasteiger partial charge >= 0.3 is 0 Å². The van der Waals surface area contributed by atoms with Gasteiger partial charge in [-0.1, -0.05) is 6.07 Å². The molecule has 2 aliphatic rings. The molecule has 4 nitrogen and oxygen atoms in total. The summed E-state index contributed by atoms with van der Waals surface area (Å²) < 4.78 is 11.2. The number of hydrogen-bond acceptors (Lipinski definition) is 3. The molecule has 2 atom stereocenters. The Labute approximate surface area is 129 Å². The largest absolute Gasteiger partial charge is 0.491 e. The highest BCUT2D eigenvalue weighted by atomic mass is 35.5. The van der Waals surface area contributed by atoms with Crippen molar-refractivity contribution >= 4 is 17.5 Å². The van der Waals surface area contributed by atoms with Gasteiger partial charge in [0.15, 0.2) is 0 Å². The topological polar surface area (TPSA) is 47.6 Å². The minimum atomic E-state index is -0.101. The quantitative estimate of drug-likeness (QED) is 0.870. The van der Waals surface area contributed by atoms with Gasteiger partial charge in [-0.05, 0) is 43.4 Å². The average molecular weight is 310 g/mol. The second-order valence-electron chi connectivity index (χ2n) is 5.54. The van der Waals surface area contributed by atoms with Gasteiger partial charge in [-0.3, -0.25) is 4.79 Å². The summed E-state index contributed by atoms with van der Waals surface area (Å²) >= 11 is 6.49. The molecule has 114 valence electrons. The van der Waals surface area contributed by atoms with E-state index in [1.165, 1.54) is 0 Å². The second kappa shape index (κ2) is 6.67. The smallest absolute Gasteiger partial charge is 0.255 e. The minimum absolute atomic E-state index is 0.0904. The van der Waals surface area contributed by atoms with Crippen LogP contribution < -0.4 is 10.1 Å². The van der Waals surface area contributed by atoms with Crippen LogP contribution in [-0.2, 0) is 4.74 Å². The highest BCUT2D eigenvalue weighted by Gasteiger charge is 2.21. The standard InChI is InChI=1S/C16H20ClNO3/c17-14(5-4-12-2-1-8-20-12)11-3-6-15-13(10-11)16(19)18-7-9-21-15/h3,6,10,12,14H,1-2,4-5,7-9H2,(H,18,19). The number of carbonyl (C=O) groups excluding carboxylic acids is 1. The highest BCUT2D eigenvalue weighted by molar-refractivity contribution is 6.20. The molecule has 1 N–H and O–H groups in total. The number of carbonyl (C=O) groups is 1. The number of fused-ring (bicyclic) bond motifs is 1. The first-order chi connectivity index (χ1) is 10.2. The fraction of sp³-hybridized carbons (Fsp3) is 0.562. The molecule has 0 aliphatic carbocycles. The van der Waals surface area contributed by atoms with Crippen molar-refractivity contribution in [1.29, 1.82) is 0 Å². The normalized spacial score (nSPS) is 22.9. The van der Waals surface area contributed by atoms with E-state index in [0.717, 1.165) is 37.9 Å². The molecule has 1 amide bonds. The Morgan fingerprint density at radius 3 is 3.10 bits per heavy atom. The summed E-state index contributed by atoms with van der Waals surface area (Å²) in [5, 5.41) is 2.72. The Morgan fingerprint density at radius 1 is 1.38 bits per heavy atom. The highest BCUT2D eigenvalue weighted by Crippen LogP contribution is 2.32. The van der Waals surface area contributed by atoms with Crippen molar-refractivity contribution in [2.24, 2.45) is 0 Å². The summed E-state index contributed by atoms with van der Waals surface area (Å²) in [5.74, 6) is 0.545. The maximum Gasteiger partial charge on any atom is 0.255 e. The molecule has 1 saturated heterocycles. The van der Waals surface area contributed by atoms with Crippen LogP contribution in [0.3, 0.4) is 0 Å². The number of rotatable bonds is 4. The van der Waals surface area contributed by atoms with E-state index < -0.39 is 0 Å². The molecule has 2 aliphatic heterocycles. The summed E-state index contributed by atoms with van der Waals surface area (Å²) in [4.78, 5) is 12.0. The average Bonchev–Trinajstić information content (AvgIpc) is 2.95. The van der Waals surface area contributed by atoms with Crippen LogP contribution in [0.15, 0.2) is 18.2 Å². The Balaban J connectivity index is 1.68. The monoisotopic (exact) mass is 309 g/mol. The van der Waals surface area contributed by atoms with Crippen LogP contribution in [0.1, 0.15) is 47.0 Å². The lowest BCUT2D eigenvalue weighted by Gasteiger charge is -2.15. The lowest BCUT2D eigenvalue weighted by molar-refractivity contribution is 0.0956. The number of halogens is 1. The second-order valence-corrected chi connectivity index (χ2v) is 6.07. The van der Waals surface area contributed by atoms with E-state index in [2.05, 4.69) is 5.32 Å². The molecule has 0 radical (unpaired) electrons. The first-order valence-corrected chi connectivity index (χ1v) is 7.98. The van der Waals surface area contributed by atoms with Crippen LogP contribution in [0.5, 0.6) is 5.75 Å². The number of ether oxygens (including phenoxy) is 2. The van der Waals surface area contributed by atoms with Crippen molar-refractivity contribution in [2.75, 3.05) is 19.8 Å². The Hall–Kier alpha value is -1.26. The van der Waals surface area contributed by atoms with E-state index in [4.69, 9.17) is 21.1 Å². The van der Waals surface area contributed by atoms with Gasteiger partial charge in [0.25, 0.3) is 5.91 Å². The third kappa shape index (κ3) is 3.50. The van der Waals surface area contributed by atoms with Crippen molar-refractivity contribution < 1.29 is 14.3 Å². The molecule has 1 fully saturated rings. The van der Waals surface area contributed by atoms with E-state index in [0.29, 0.717) is 30.6 Å². The maximum absolute atomic E-state index is 12.0. The van der Waals surface area contributed by atoms with Crippen LogP contribution in [-0.4, -0.2) is 31.8 Å². The predicted molar refractivity (Wildman–Crippen MR) is 81.1 cm³/mol. The zero-order valence-electron chi connectivity index (χ0n) is 11.9. The van der Waals surface area contributed by atoms with Crippen molar-refractivity contribution in [3.05, 3.63) is 29.3 Å². The zero-order chi connectivity index (χ0) is 14.7. The van der Waals surface area contributed by atoms with Gasteiger partial charge < -0.3 is 14.8 Å². The van der Waals surface area contributed by atoms with Gasteiger partial charge in [0.05, 0.1) is 23.6 Å². The first-order valence-electron chi connectivity index (χ1n) is 7.54. The molecule has 21 heavy (non-hydrogen) atoms. The van der Waals surface area contributed by atoms with Gasteiger partial charge in [-0.15, -0.1) is 11.6 Å². The summed E-state index contributed by atoms with van der Waals surface area (Å²) in [6.45, 7) is 1.90. The fourth-order valence-electron chi connectivity index (χ4n) is 2.84. The van der Waals surface area contributed by atoms with Crippen molar-refractivity contribution in [3.63, 3.8) is 0 Å². The van der Waals surface area contributed by atoms with E-state index in [1.54, 1.807) is 0 Å². The molecule has 0 bridgehead atoms. The van der Waals surface area contributed by atoms with E-state index in [-0.39, 0.29) is 11.3 Å². The summed E-state index contributed by atoms with van der Waals surface area (Å²) in [7, 11) is 0. The van der Waals surface area contributed by atoms with Crippen molar-refractivity contribution in [3.8, 4) is 5.75 Å². The third-order valence-corrected chi connectivity index (χ3v) is 4.49. The molecule has 2 unspecified atom stereocenters. The SMILES string of the molecule is O=C1NCCOc2ccc(C(Cl)CCC3CCCO3)cc21. The number of alkyl halides is 1. The van der Waals surface area contributed by atoms with Gasteiger partial charge in [-0.2, -0.15) is 0 Å². The molecule has 3 rings (SSSR count). The summed E-state index contributed by atoms with van der Waals surface area (Å²) in [6, 6.07) is 5.64. The number of hydrogen-bond donors (Lipinski definition) is 1. The van der Waals surface area contributed by atoms with Gasteiger partial charge in [0, 0.05) is 6.61 Å². The fourth-order valence-corrected chi connectivity index (χ4v) is 3.10. The van der Waals surface area contributed by atoms with E-state index >= 15 is 0 Å². The van der Waals surface area contributed by atoms with Gasteiger partial charge in [0.1, 0.15) is 12.4 Å². The molecule has 1 aromatic carbocycles. The minimum Gasteiger partial charge on any atom is -0.491 e. The lowest BCUT2D eigenvalue weighted by atomic mass is 10.0. The molecule has 2 heterocycles. The van der Waals surface area contributed by atoms with E-state index in [9.17, 15) is 4.79 Å². The Bertz CT molecular complexity index is 514. The van der Waals surface area contributed by atoms with Crippen molar-refractivity contribution in [1.82, 2.24) is 5.32 Å². The molecule has 1 aromatic rings. The van der Waals surface area contributed by atoms with Crippen LogP contribution in [0.25, 0.3) is 0 Å². The van der Waals surface area contributed by atoms with Crippen LogP contribution in [0, 0.1) is 0 Å². The molecule has 0 saturated carbocycles. The molecular formula is C16H20ClNO3. The van der Waals surface area contributed by atoms with Crippen molar-refractivity contribution in [2.45, 2.75) is 37.2 Å². The van der Waals surface area contributed by atoms with Crippen LogP contribution >= 0.6 is 11.6 Å². The summed E-state index contributed by atoms with van der Waals surface area (Å²) in [5.41, 5.74) is 1.54. The Kier molecular flexibility index (Phi) is 4.66. The summed E-state index contributed by atoms with van der Waals surface area (Å²) in [6.07, 6.45) is 4.44. The Morgan fingerprint density at radius 2 is 2.29 bits per heavy atom. The number of benzene rings is 1. The van der Waals surface area contributed by atoms with Gasteiger partial charge in [0.2, 0.25) is 0 Å². The van der Waals surface area contributed by atoms with E-state index in [1.807, 2.05) is 18.2 Å². The van der Waals surface area contributed by atoms with Crippen LogP contribution in [0.2, 0.25) is 0 Å². The van der Waals surface area contributed by atoms with Gasteiger partial charge in [-0.25, -0.2) is 0 Å². The molecule has 0 aromatic heterocycles. The molecular weight excluding hydrogens is 290 g/mol. The number of nitrogens with one attached hydrogen (secondary N) is 1. The third-order valence-electron chi connectivity index (χ3n) is 4.02. The number of amides is 1. The predicted octanol–water partition coefficient (Wildman–Crippen LogP) is 3.05. The molecule has 5 heteroatoms. The van der Waals surface area contributed by atoms with Crippen LogP contribution in [0.4, 0.5) is 0 Å². The molecule has 0 spiro atoms. The lowest BCUT2D eigenvalue weighted by Crippen LogP contribution is -2.24. The maximum atomic E-state index is 12.0. The zero-order valence-corrected chi connectivity index (χ0v) is 12.7. The first kappa shape index (κ1) is 14.7.